The van der Waals surface area contributed by atoms with E-state index in [1.165, 1.54) is 0 Å². The molecule has 5 N–H and O–H groups in total. The normalized spacial score (nSPS) is 16.7. The minimum Gasteiger partial charge on any atom is -0.393 e. The van der Waals surface area contributed by atoms with E-state index < -0.39 is 29.0 Å². The maximum atomic E-state index is 13.5. The van der Waals surface area contributed by atoms with E-state index in [-0.39, 0.29) is 36.1 Å². The van der Waals surface area contributed by atoms with Crippen LogP contribution in [-0.2, 0) is 31.3 Å². The Bertz CT molecular complexity index is 1690. The van der Waals surface area contributed by atoms with Gasteiger partial charge in [-0.25, -0.2) is 0 Å². The van der Waals surface area contributed by atoms with Crippen molar-refractivity contribution in [3.8, 4) is 0 Å². The third-order valence-corrected chi connectivity index (χ3v) is 9.59. The molecule has 5 rings (SSSR count). The van der Waals surface area contributed by atoms with Gasteiger partial charge in [0, 0.05) is 30.5 Å². The molecule has 5 nitrogen and oxygen atoms in total. The van der Waals surface area contributed by atoms with E-state index >= 15 is 0 Å². The first-order valence-electron chi connectivity index (χ1n) is 15.4. The van der Waals surface area contributed by atoms with Crippen LogP contribution >= 0.6 is 12.2 Å². The zero-order valence-corrected chi connectivity index (χ0v) is 26.4. The highest BCUT2D eigenvalue weighted by Crippen LogP contribution is 2.50. The number of benzene rings is 5. The predicted octanol–water partition coefficient (Wildman–Crippen LogP) is 5.40. The van der Waals surface area contributed by atoms with Gasteiger partial charge in [0.05, 0.1) is 6.61 Å². The largest absolute Gasteiger partial charge is 0.393 e. The Kier molecular flexibility index (Phi) is 10.3. The van der Waals surface area contributed by atoms with E-state index in [9.17, 15) is 25.5 Å². The average molecular weight is 633 g/mol. The molecule has 0 spiro atoms. The summed E-state index contributed by atoms with van der Waals surface area (Å²) in [5, 5.41) is 63.9. The number of thiocarbonyl (C=S) groups is 1. The molecule has 0 aromatic heterocycles. The maximum absolute atomic E-state index is 13.5. The van der Waals surface area contributed by atoms with Gasteiger partial charge in [-0.1, -0.05) is 164 Å². The van der Waals surface area contributed by atoms with Gasteiger partial charge in [-0.2, -0.15) is 0 Å². The van der Waals surface area contributed by atoms with Crippen molar-refractivity contribution >= 4 is 17.1 Å². The molecule has 0 unspecified atom stereocenters. The molecule has 46 heavy (non-hydrogen) atoms. The highest BCUT2D eigenvalue weighted by Gasteiger charge is 2.70. The summed E-state index contributed by atoms with van der Waals surface area (Å²) in [6.45, 7) is -0.954. The fraction of sp³-hybridized carbons (Fsp3) is 0.225. The van der Waals surface area contributed by atoms with Crippen molar-refractivity contribution in [3.05, 3.63) is 179 Å². The zero-order valence-electron chi connectivity index (χ0n) is 25.6. The summed E-state index contributed by atoms with van der Waals surface area (Å²) in [5.41, 5.74) is -7.12. The first-order chi connectivity index (χ1) is 22.1. The Morgan fingerprint density at radius 1 is 0.457 bits per heavy atom. The van der Waals surface area contributed by atoms with Crippen LogP contribution in [0.1, 0.15) is 27.8 Å². The molecule has 236 valence electrons. The van der Waals surface area contributed by atoms with Gasteiger partial charge in [-0.3, -0.25) is 0 Å². The molecule has 0 fully saturated rings. The molecule has 6 heteroatoms. The van der Waals surface area contributed by atoms with E-state index in [1.807, 2.05) is 72.8 Å². The highest BCUT2D eigenvalue weighted by atomic mass is 32.1. The van der Waals surface area contributed by atoms with Gasteiger partial charge in [-0.15, -0.1) is 0 Å². The number of aliphatic hydroxyl groups is 5. The molecule has 0 saturated carbocycles. The van der Waals surface area contributed by atoms with Gasteiger partial charge in [0.2, 0.25) is 0 Å². The SMILES string of the molecule is OC[C@](O)(c1ccccc1)[C@](O)(Cc1ccccc1)[C@@](O)(Cc1ccccc1)[C@](O)(Cc1ccccc1)C(=S)Cc1ccccc1. The fourth-order valence-electron chi connectivity index (χ4n) is 6.52. The predicted molar refractivity (Wildman–Crippen MR) is 185 cm³/mol. The molecule has 0 aliphatic carbocycles. The molecule has 0 aliphatic rings. The molecule has 5 aromatic carbocycles. The van der Waals surface area contributed by atoms with Crippen molar-refractivity contribution < 1.29 is 25.5 Å². The molecule has 0 saturated heterocycles. The van der Waals surface area contributed by atoms with Crippen LogP contribution in [0.5, 0.6) is 0 Å². The lowest BCUT2D eigenvalue weighted by Crippen LogP contribution is -2.79. The molecule has 5 aromatic rings. The van der Waals surface area contributed by atoms with Crippen molar-refractivity contribution in [1.29, 1.82) is 0 Å². The third kappa shape index (κ3) is 6.46. The Morgan fingerprint density at radius 2 is 0.804 bits per heavy atom. The van der Waals surface area contributed by atoms with Crippen molar-refractivity contribution in [3.63, 3.8) is 0 Å². The van der Waals surface area contributed by atoms with E-state index in [4.69, 9.17) is 12.2 Å². The molecular weight excluding hydrogens is 593 g/mol. The molecule has 0 radical (unpaired) electrons. The van der Waals surface area contributed by atoms with Gasteiger partial charge in [0.25, 0.3) is 0 Å². The molecule has 0 aliphatic heterocycles. The molecule has 0 bridgehead atoms. The van der Waals surface area contributed by atoms with Crippen LogP contribution in [0.3, 0.4) is 0 Å². The summed E-state index contributed by atoms with van der Waals surface area (Å²) >= 11 is 6.08. The summed E-state index contributed by atoms with van der Waals surface area (Å²) in [4.78, 5) is 0.0841. The molecular formula is C40H40O5S. The lowest BCUT2D eigenvalue weighted by molar-refractivity contribution is -0.297. The molecule has 0 heterocycles. The van der Waals surface area contributed by atoms with E-state index in [2.05, 4.69) is 0 Å². The highest BCUT2D eigenvalue weighted by molar-refractivity contribution is 7.80. The van der Waals surface area contributed by atoms with Crippen LogP contribution in [0.15, 0.2) is 152 Å². The standard InChI is InChI=1S/C40H40O5S/c41-30-38(43,35-24-14-5-15-25-35)40(45,29-34-22-12-4-13-23-34)39(44,28-33-20-10-3-11-21-33)37(42,27-32-18-8-2-9-19-32)36(46)26-31-16-6-1-7-17-31/h1-25,41-45H,26-30H2/t37-,38-,39+,40+/m0/s1. The topological polar surface area (TPSA) is 101 Å². The van der Waals surface area contributed by atoms with Gasteiger partial charge in [0.1, 0.15) is 22.4 Å². The molecule has 4 atom stereocenters. The van der Waals surface area contributed by atoms with Crippen molar-refractivity contribution in [1.82, 2.24) is 0 Å². The monoisotopic (exact) mass is 632 g/mol. The second-order valence-corrected chi connectivity index (χ2v) is 12.5. The van der Waals surface area contributed by atoms with Crippen molar-refractivity contribution in [2.45, 2.75) is 48.1 Å². The van der Waals surface area contributed by atoms with Crippen molar-refractivity contribution in [2.75, 3.05) is 6.61 Å². The van der Waals surface area contributed by atoms with E-state index in [1.54, 1.807) is 78.9 Å². The van der Waals surface area contributed by atoms with Crippen LogP contribution in [0.4, 0.5) is 0 Å². The summed E-state index contributed by atoms with van der Waals surface area (Å²) in [6.07, 6.45) is -0.685. The average Bonchev–Trinajstić information content (AvgIpc) is 3.09. The number of hydrogen-bond donors (Lipinski definition) is 5. The third-order valence-electron chi connectivity index (χ3n) is 9.11. The van der Waals surface area contributed by atoms with Crippen LogP contribution in [-0.4, -0.2) is 53.8 Å². The lowest BCUT2D eigenvalue weighted by atomic mass is 9.56. The van der Waals surface area contributed by atoms with Crippen LogP contribution in [0, 0.1) is 0 Å². The number of aliphatic hydroxyl groups excluding tert-OH is 1. The van der Waals surface area contributed by atoms with Gasteiger partial charge in [0.15, 0.2) is 0 Å². The van der Waals surface area contributed by atoms with Gasteiger partial charge >= 0.3 is 0 Å². The lowest BCUT2D eigenvalue weighted by Gasteiger charge is -2.58. The van der Waals surface area contributed by atoms with Gasteiger partial charge < -0.3 is 25.5 Å². The summed E-state index contributed by atoms with van der Waals surface area (Å²) < 4.78 is 0. The minimum atomic E-state index is -2.61. The Morgan fingerprint density at radius 3 is 1.22 bits per heavy atom. The quantitative estimate of drug-likeness (QED) is 0.105. The van der Waals surface area contributed by atoms with Crippen LogP contribution in [0.25, 0.3) is 0 Å². The maximum Gasteiger partial charge on any atom is 0.144 e. The van der Waals surface area contributed by atoms with Crippen molar-refractivity contribution in [2.24, 2.45) is 0 Å². The smallest absolute Gasteiger partial charge is 0.144 e. The molecule has 0 amide bonds. The summed E-state index contributed by atoms with van der Waals surface area (Å²) in [5.74, 6) is 0. The zero-order chi connectivity index (χ0) is 32.7. The van der Waals surface area contributed by atoms with Crippen LogP contribution < -0.4 is 0 Å². The van der Waals surface area contributed by atoms with E-state index in [0.717, 1.165) is 5.56 Å². The Hall–Kier alpha value is -4.01. The second-order valence-electron chi connectivity index (χ2n) is 12.0. The van der Waals surface area contributed by atoms with E-state index in [0.29, 0.717) is 16.7 Å². The Balaban J connectivity index is 1.82. The second kappa shape index (κ2) is 14.2. The summed E-state index contributed by atoms with van der Waals surface area (Å²) in [7, 11) is 0. The first kappa shape index (κ1) is 33.4. The fourth-order valence-corrected chi connectivity index (χ4v) is 6.93. The Labute approximate surface area is 276 Å². The number of rotatable bonds is 14. The summed E-state index contributed by atoms with van der Waals surface area (Å²) in [6, 6.07) is 44.9. The van der Waals surface area contributed by atoms with Gasteiger partial charge in [-0.05, 0) is 27.8 Å². The first-order valence-corrected chi connectivity index (χ1v) is 15.8. The minimum absolute atomic E-state index is 0.0841. The number of hydrogen-bond acceptors (Lipinski definition) is 6. The van der Waals surface area contributed by atoms with Crippen LogP contribution in [0.2, 0.25) is 0 Å².